The summed E-state index contributed by atoms with van der Waals surface area (Å²) in [5, 5.41) is 0. The molecule has 0 radical (unpaired) electrons. The van der Waals surface area contributed by atoms with Crippen LogP contribution in [0.2, 0.25) is 0 Å². The maximum Gasteiger partial charge on any atom is 0.337 e. The molecular formula is C6H9F5. The van der Waals surface area contributed by atoms with E-state index in [0.29, 0.717) is 0 Å². The van der Waals surface area contributed by atoms with Gasteiger partial charge in [0.2, 0.25) is 0 Å². The van der Waals surface area contributed by atoms with Gasteiger partial charge < -0.3 is 0 Å². The first-order chi connectivity index (χ1) is 4.87. The third-order valence-electron chi connectivity index (χ3n) is 1.27. The lowest BCUT2D eigenvalue weighted by Gasteiger charge is -2.23. The van der Waals surface area contributed by atoms with E-state index < -0.39 is 24.9 Å². The fraction of sp³-hybridized carbons (Fsp3) is 1.00. The Labute approximate surface area is 61.4 Å². The molecule has 5 heteroatoms. The molecule has 0 saturated heterocycles. The first-order valence-electron chi connectivity index (χ1n) is 3.19. The Hall–Kier alpha value is -0.350. The van der Waals surface area contributed by atoms with Gasteiger partial charge in [-0.05, 0) is 0 Å². The maximum absolute atomic E-state index is 12.2. The molecule has 0 rings (SSSR count). The van der Waals surface area contributed by atoms with Crippen LogP contribution in [-0.2, 0) is 0 Å². The molecule has 0 unspecified atom stereocenters. The van der Waals surface area contributed by atoms with Gasteiger partial charge in [0, 0.05) is 6.42 Å². The highest BCUT2D eigenvalue weighted by Gasteiger charge is 2.55. The number of hydrogen-bond donors (Lipinski definition) is 0. The summed E-state index contributed by atoms with van der Waals surface area (Å²) in [6.07, 6.45) is -1.08. The zero-order valence-electron chi connectivity index (χ0n) is 6.01. The highest BCUT2D eigenvalue weighted by atomic mass is 19.3. The summed E-state index contributed by atoms with van der Waals surface area (Å²) in [4.78, 5) is 0. The molecule has 0 aromatic carbocycles. The van der Waals surface area contributed by atoms with Gasteiger partial charge in [-0.25, -0.2) is 4.39 Å². The second-order valence-electron chi connectivity index (χ2n) is 2.29. The van der Waals surface area contributed by atoms with Gasteiger partial charge in [-0.1, -0.05) is 13.3 Å². The van der Waals surface area contributed by atoms with Crippen LogP contribution in [0.3, 0.4) is 0 Å². The van der Waals surface area contributed by atoms with Gasteiger partial charge in [-0.3, -0.25) is 0 Å². The van der Waals surface area contributed by atoms with Crippen molar-refractivity contribution in [1.82, 2.24) is 0 Å². The van der Waals surface area contributed by atoms with Crippen LogP contribution in [0.15, 0.2) is 0 Å². The van der Waals surface area contributed by atoms with Crippen molar-refractivity contribution in [2.45, 2.75) is 31.6 Å². The number of rotatable bonds is 4. The molecule has 0 N–H and O–H groups in total. The van der Waals surface area contributed by atoms with Crippen LogP contribution in [-0.4, -0.2) is 18.5 Å². The molecule has 0 saturated carbocycles. The Morgan fingerprint density at radius 2 is 1.45 bits per heavy atom. The SMILES string of the molecule is CCCC(F)(F)C(F)(F)CF. The van der Waals surface area contributed by atoms with Crippen LogP contribution in [0.1, 0.15) is 19.8 Å². The van der Waals surface area contributed by atoms with E-state index in [0.717, 1.165) is 0 Å². The van der Waals surface area contributed by atoms with E-state index in [1.807, 2.05) is 0 Å². The summed E-state index contributed by atoms with van der Waals surface area (Å²) < 4.78 is 59.8. The highest BCUT2D eigenvalue weighted by molar-refractivity contribution is 4.83. The predicted octanol–water partition coefficient (Wildman–Crippen LogP) is 3.03. The van der Waals surface area contributed by atoms with Crippen LogP contribution in [0.4, 0.5) is 22.0 Å². The summed E-state index contributed by atoms with van der Waals surface area (Å²) in [6, 6.07) is 0. The van der Waals surface area contributed by atoms with Gasteiger partial charge in [0.05, 0.1) is 0 Å². The van der Waals surface area contributed by atoms with Crippen molar-refractivity contribution in [2.75, 3.05) is 6.67 Å². The normalized spacial score (nSPS) is 13.6. The molecule has 0 amide bonds. The molecule has 0 fully saturated rings. The number of hydrogen-bond acceptors (Lipinski definition) is 0. The highest BCUT2D eigenvalue weighted by Crippen LogP contribution is 2.37. The van der Waals surface area contributed by atoms with Crippen molar-refractivity contribution in [3.05, 3.63) is 0 Å². The average molecular weight is 176 g/mol. The molecule has 0 aliphatic carbocycles. The van der Waals surface area contributed by atoms with Crippen molar-refractivity contribution in [1.29, 1.82) is 0 Å². The molecule has 0 aliphatic heterocycles. The Morgan fingerprint density at radius 1 is 1.00 bits per heavy atom. The Kier molecular flexibility index (Phi) is 3.26. The molecule has 0 bridgehead atoms. The lowest BCUT2D eigenvalue weighted by molar-refractivity contribution is -0.218. The summed E-state index contributed by atoms with van der Waals surface area (Å²) in [6.45, 7) is -0.970. The fourth-order valence-electron chi connectivity index (χ4n) is 0.595. The summed E-state index contributed by atoms with van der Waals surface area (Å²) in [5.74, 6) is -8.72. The minimum atomic E-state index is -4.51. The third-order valence-corrected chi connectivity index (χ3v) is 1.27. The van der Waals surface area contributed by atoms with Crippen LogP contribution < -0.4 is 0 Å². The molecule has 0 aromatic heterocycles. The van der Waals surface area contributed by atoms with Crippen molar-refractivity contribution in [2.24, 2.45) is 0 Å². The van der Waals surface area contributed by atoms with Crippen molar-refractivity contribution >= 4 is 0 Å². The standard InChI is InChI=1S/C6H9F5/c1-2-3-5(8,9)6(10,11)4-7/h2-4H2,1H3. The second-order valence-corrected chi connectivity index (χ2v) is 2.29. The lowest BCUT2D eigenvalue weighted by Crippen LogP contribution is -2.42. The van der Waals surface area contributed by atoms with Gasteiger partial charge in [0.15, 0.2) is 6.67 Å². The van der Waals surface area contributed by atoms with Gasteiger partial charge in [-0.15, -0.1) is 0 Å². The largest absolute Gasteiger partial charge is 0.337 e. The molecule has 0 aliphatic rings. The molecule has 0 atom stereocenters. The summed E-state index contributed by atoms with van der Waals surface area (Å²) >= 11 is 0. The van der Waals surface area contributed by atoms with E-state index in [-0.39, 0.29) is 6.42 Å². The zero-order chi connectivity index (χ0) is 9.12. The molecule has 11 heavy (non-hydrogen) atoms. The monoisotopic (exact) mass is 176 g/mol. The second kappa shape index (κ2) is 3.36. The molecule has 0 spiro atoms. The van der Waals surface area contributed by atoms with Gasteiger partial charge in [0.25, 0.3) is 0 Å². The molecular weight excluding hydrogens is 167 g/mol. The Balaban J connectivity index is 4.26. The molecule has 0 aromatic rings. The minimum Gasteiger partial charge on any atom is -0.244 e. The zero-order valence-corrected chi connectivity index (χ0v) is 6.01. The van der Waals surface area contributed by atoms with Gasteiger partial charge >= 0.3 is 11.8 Å². The van der Waals surface area contributed by atoms with Gasteiger partial charge in [-0.2, -0.15) is 17.6 Å². The first-order valence-corrected chi connectivity index (χ1v) is 3.19. The molecule has 68 valence electrons. The van der Waals surface area contributed by atoms with E-state index in [1.165, 1.54) is 6.92 Å². The smallest absolute Gasteiger partial charge is 0.244 e. The summed E-state index contributed by atoms with van der Waals surface area (Å²) in [7, 11) is 0. The van der Waals surface area contributed by atoms with E-state index in [4.69, 9.17) is 0 Å². The van der Waals surface area contributed by atoms with Crippen LogP contribution in [0.5, 0.6) is 0 Å². The van der Waals surface area contributed by atoms with Crippen molar-refractivity contribution < 1.29 is 22.0 Å². The maximum atomic E-state index is 12.2. The van der Waals surface area contributed by atoms with Gasteiger partial charge in [0.1, 0.15) is 0 Å². The number of halogens is 5. The predicted molar refractivity (Wildman–Crippen MR) is 30.8 cm³/mol. The Morgan fingerprint density at radius 3 is 1.73 bits per heavy atom. The quantitative estimate of drug-likeness (QED) is 0.577. The van der Waals surface area contributed by atoms with Crippen LogP contribution in [0, 0.1) is 0 Å². The molecule has 0 nitrogen and oxygen atoms in total. The van der Waals surface area contributed by atoms with E-state index >= 15 is 0 Å². The lowest BCUT2D eigenvalue weighted by atomic mass is 10.1. The van der Waals surface area contributed by atoms with E-state index in [9.17, 15) is 22.0 Å². The van der Waals surface area contributed by atoms with E-state index in [1.54, 1.807) is 0 Å². The average Bonchev–Trinajstić information content (AvgIpc) is 1.87. The minimum absolute atomic E-state index is 0.0947. The van der Waals surface area contributed by atoms with Crippen LogP contribution >= 0.6 is 0 Å². The molecule has 0 heterocycles. The first kappa shape index (κ1) is 10.7. The van der Waals surface area contributed by atoms with Crippen molar-refractivity contribution in [3.8, 4) is 0 Å². The van der Waals surface area contributed by atoms with Crippen LogP contribution in [0.25, 0.3) is 0 Å². The fourth-order valence-corrected chi connectivity index (χ4v) is 0.595. The summed E-state index contributed by atoms with van der Waals surface area (Å²) in [5.41, 5.74) is 0. The Bertz CT molecular complexity index is 120. The third kappa shape index (κ3) is 2.31. The van der Waals surface area contributed by atoms with E-state index in [2.05, 4.69) is 0 Å². The van der Waals surface area contributed by atoms with Crippen molar-refractivity contribution in [3.63, 3.8) is 0 Å². The number of alkyl halides is 5. The topological polar surface area (TPSA) is 0 Å².